The van der Waals surface area contributed by atoms with Crippen molar-refractivity contribution in [2.45, 2.75) is 53.1 Å². The zero-order valence-electron chi connectivity index (χ0n) is 17.8. The minimum atomic E-state index is -0.584. The maximum atomic E-state index is 12.7. The fourth-order valence-electron chi connectivity index (χ4n) is 3.03. The first-order valence-electron chi connectivity index (χ1n) is 10.0. The molecule has 1 aromatic heterocycles. The van der Waals surface area contributed by atoms with Crippen LogP contribution >= 0.6 is 0 Å². The summed E-state index contributed by atoms with van der Waals surface area (Å²) in [7, 11) is 0. The number of fused-ring (bicyclic) bond motifs is 1. The third kappa shape index (κ3) is 5.11. The van der Waals surface area contributed by atoms with Gasteiger partial charge in [0.2, 0.25) is 0 Å². The first-order chi connectivity index (χ1) is 13.8. The molecule has 2 aromatic carbocycles. The van der Waals surface area contributed by atoms with Crippen molar-refractivity contribution in [3.05, 3.63) is 54.2 Å². The normalized spacial score (nSPS) is 11.5. The highest BCUT2D eigenvalue weighted by Gasteiger charge is 2.21. The van der Waals surface area contributed by atoms with Gasteiger partial charge in [-0.15, -0.1) is 0 Å². The average Bonchev–Trinajstić information content (AvgIpc) is 3.06. The van der Waals surface area contributed by atoms with Gasteiger partial charge in [-0.2, -0.15) is 0 Å². The van der Waals surface area contributed by atoms with Crippen LogP contribution in [0.4, 0.5) is 4.79 Å². The smallest absolute Gasteiger partial charge is 0.419 e. The molecule has 1 heterocycles. The number of carbonyl (C=O) groups is 1. The van der Waals surface area contributed by atoms with Crippen LogP contribution < -0.4 is 9.47 Å². The van der Waals surface area contributed by atoms with Crippen molar-refractivity contribution in [3.63, 3.8) is 0 Å². The molecule has 0 atom stereocenters. The summed E-state index contributed by atoms with van der Waals surface area (Å²) in [6.45, 7) is 10.3. The molecule has 3 rings (SSSR count). The third-order valence-electron chi connectivity index (χ3n) is 4.31. The molecule has 3 aromatic rings. The largest absolute Gasteiger partial charge is 0.490 e. The highest BCUT2D eigenvalue weighted by atomic mass is 16.6. The Morgan fingerprint density at radius 2 is 1.76 bits per heavy atom. The molecule has 0 bridgehead atoms. The van der Waals surface area contributed by atoms with E-state index in [1.165, 1.54) is 4.57 Å². The van der Waals surface area contributed by atoms with Gasteiger partial charge in [-0.3, -0.25) is 0 Å². The summed E-state index contributed by atoms with van der Waals surface area (Å²) in [6, 6.07) is 13.4. The highest BCUT2D eigenvalue weighted by Crippen LogP contribution is 2.36. The Morgan fingerprint density at radius 1 is 1.03 bits per heavy atom. The topological polar surface area (TPSA) is 49.7 Å². The van der Waals surface area contributed by atoms with Gasteiger partial charge < -0.3 is 14.2 Å². The van der Waals surface area contributed by atoms with Crippen LogP contribution in [0, 0.1) is 6.92 Å². The highest BCUT2D eigenvalue weighted by molar-refractivity contribution is 5.94. The quantitative estimate of drug-likeness (QED) is 0.436. The molecule has 0 radical (unpaired) electrons. The van der Waals surface area contributed by atoms with Gasteiger partial charge in [0, 0.05) is 11.6 Å². The van der Waals surface area contributed by atoms with Crippen molar-refractivity contribution in [2.75, 3.05) is 6.61 Å². The van der Waals surface area contributed by atoms with Crippen LogP contribution in [0.1, 0.15) is 46.1 Å². The second kappa shape index (κ2) is 8.60. The molecule has 0 fully saturated rings. The van der Waals surface area contributed by atoms with Crippen LogP contribution in [-0.4, -0.2) is 22.9 Å². The Balaban J connectivity index is 2.00. The Morgan fingerprint density at radius 3 is 2.45 bits per heavy atom. The monoisotopic (exact) mass is 395 g/mol. The number of nitrogens with zero attached hydrogens (tertiary/aromatic N) is 1. The molecule has 5 heteroatoms. The number of rotatable bonds is 6. The van der Waals surface area contributed by atoms with E-state index < -0.39 is 11.7 Å². The van der Waals surface area contributed by atoms with Crippen LogP contribution in [0.2, 0.25) is 0 Å². The standard InChI is InChI=1S/C24H29NO4/c1-6-7-14-27-19-10-8-9-11-20(19)28-21-16-17(2)15-18-12-13-25(22(18)21)23(26)29-24(3,4)5/h8-13,15-16H,6-7,14H2,1-5H3. The summed E-state index contributed by atoms with van der Waals surface area (Å²) in [5.41, 5.74) is 1.13. The van der Waals surface area contributed by atoms with Gasteiger partial charge in [0.15, 0.2) is 17.2 Å². The molecule has 0 saturated heterocycles. The maximum Gasteiger partial charge on any atom is 0.419 e. The van der Waals surface area contributed by atoms with Crippen molar-refractivity contribution in [1.29, 1.82) is 0 Å². The van der Waals surface area contributed by atoms with Crippen molar-refractivity contribution < 1.29 is 19.0 Å². The van der Waals surface area contributed by atoms with Crippen LogP contribution in [0.15, 0.2) is 48.7 Å². The van der Waals surface area contributed by atoms with E-state index in [2.05, 4.69) is 6.92 Å². The lowest BCUT2D eigenvalue weighted by molar-refractivity contribution is 0.0544. The Hall–Kier alpha value is -2.95. The van der Waals surface area contributed by atoms with Crippen LogP contribution in [0.3, 0.4) is 0 Å². The van der Waals surface area contributed by atoms with Crippen molar-refractivity contribution in [2.24, 2.45) is 0 Å². The Kier molecular flexibility index (Phi) is 6.16. The van der Waals surface area contributed by atoms with Gasteiger partial charge in [-0.25, -0.2) is 9.36 Å². The summed E-state index contributed by atoms with van der Waals surface area (Å²) in [5.74, 6) is 1.89. The van der Waals surface area contributed by atoms with Gasteiger partial charge in [-0.05, 0) is 70.0 Å². The molecular weight excluding hydrogens is 366 g/mol. The number of hydrogen-bond acceptors (Lipinski definition) is 4. The first-order valence-corrected chi connectivity index (χ1v) is 10.0. The summed E-state index contributed by atoms with van der Waals surface area (Å²) >= 11 is 0. The number of para-hydroxylation sites is 2. The minimum absolute atomic E-state index is 0.436. The van der Waals surface area contributed by atoms with Crippen LogP contribution in [0.5, 0.6) is 17.2 Å². The van der Waals surface area contributed by atoms with E-state index >= 15 is 0 Å². The zero-order valence-corrected chi connectivity index (χ0v) is 17.8. The van der Waals surface area contributed by atoms with Gasteiger partial charge in [-0.1, -0.05) is 25.5 Å². The van der Waals surface area contributed by atoms with E-state index in [1.54, 1.807) is 6.20 Å². The van der Waals surface area contributed by atoms with Crippen LogP contribution in [0.25, 0.3) is 10.9 Å². The molecule has 0 aliphatic carbocycles. The molecule has 0 aliphatic rings. The molecule has 0 spiro atoms. The SMILES string of the molecule is CCCCOc1ccccc1Oc1cc(C)cc2ccn(C(=O)OC(C)(C)C)c12. The van der Waals surface area contributed by atoms with Gasteiger partial charge in [0.1, 0.15) is 11.1 Å². The molecule has 0 unspecified atom stereocenters. The van der Waals surface area contributed by atoms with E-state index in [4.69, 9.17) is 14.2 Å². The number of benzene rings is 2. The summed E-state index contributed by atoms with van der Waals surface area (Å²) in [5, 5.41) is 0.912. The average molecular weight is 395 g/mol. The predicted molar refractivity (Wildman–Crippen MR) is 115 cm³/mol. The van der Waals surface area contributed by atoms with Gasteiger partial charge in [0.05, 0.1) is 6.61 Å². The third-order valence-corrected chi connectivity index (χ3v) is 4.31. The van der Waals surface area contributed by atoms with E-state index in [0.29, 0.717) is 29.4 Å². The summed E-state index contributed by atoms with van der Waals surface area (Å²) in [6.07, 6.45) is 3.32. The molecule has 154 valence electrons. The Bertz CT molecular complexity index is 998. The molecule has 0 saturated carbocycles. The summed E-state index contributed by atoms with van der Waals surface area (Å²) < 4.78 is 19.2. The van der Waals surface area contributed by atoms with E-state index in [0.717, 1.165) is 23.8 Å². The minimum Gasteiger partial charge on any atom is -0.490 e. The van der Waals surface area contributed by atoms with Gasteiger partial charge in [0.25, 0.3) is 0 Å². The number of unbranched alkanes of at least 4 members (excludes halogenated alkanes) is 1. The lowest BCUT2D eigenvalue weighted by Gasteiger charge is -2.20. The number of ether oxygens (including phenoxy) is 3. The fraction of sp³-hybridized carbons (Fsp3) is 0.375. The van der Waals surface area contributed by atoms with Crippen molar-refractivity contribution >= 4 is 17.0 Å². The lowest BCUT2D eigenvalue weighted by atomic mass is 10.1. The van der Waals surface area contributed by atoms with E-state index in [1.807, 2.05) is 70.2 Å². The fourth-order valence-corrected chi connectivity index (χ4v) is 3.03. The first kappa shape index (κ1) is 20.8. The van der Waals surface area contributed by atoms with E-state index in [-0.39, 0.29) is 0 Å². The maximum absolute atomic E-state index is 12.7. The lowest BCUT2D eigenvalue weighted by Crippen LogP contribution is -2.26. The molecule has 0 N–H and O–H groups in total. The number of carbonyl (C=O) groups excluding carboxylic acids is 1. The number of hydrogen-bond donors (Lipinski definition) is 0. The van der Waals surface area contributed by atoms with Crippen LogP contribution in [-0.2, 0) is 4.74 Å². The molecule has 29 heavy (non-hydrogen) atoms. The number of aryl methyl sites for hydroxylation is 1. The van der Waals surface area contributed by atoms with Crippen molar-refractivity contribution in [1.82, 2.24) is 4.57 Å². The van der Waals surface area contributed by atoms with Crippen molar-refractivity contribution in [3.8, 4) is 17.2 Å². The molecule has 5 nitrogen and oxygen atoms in total. The predicted octanol–water partition coefficient (Wildman–Crippen LogP) is 6.70. The van der Waals surface area contributed by atoms with Gasteiger partial charge >= 0.3 is 6.09 Å². The second-order valence-electron chi connectivity index (χ2n) is 8.12. The molecule has 0 aliphatic heterocycles. The molecular formula is C24H29NO4. The number of aromatic nitrogens is 1. The van der Waals surface area contributed by atoms with E-state index in [9.17, 15) is 4.79 Å². The zero-order chi connectivity index (χ0) is 21.0. The summed E-state index contributed by atoms with van der Waals surface area (Å²) in [4.78, 5) is 12.7. The molecule has 0 amide bonds. The Labute approximate surface area is 172 Å². The second-order valence-corrected chi connectivity index (χ2v) is 8.12.